The molecule has 0 saturated heterocycles. The molecule has 102 valence electrons. The van der Waals surface area contributed by atoms with E-state index in [-0.39, 0.29) is 4.90 Å². The predicted octanol–water partition coefficient (Wildman–Crippen LogP) is 1.83. The Kier molecular flexibility index (Phi) is 4.73. The van der Waals surface area contributed by atoms with Gasteiger partial charge in [0.2, 0.25) is 10.0 Å². The standard InChI is InChI=1S/C12H14BrN3O2S/c13-7-10-1-3-12(4-2-10)19(17,18)16-6-5-11-8-14-9-15-11/h1-4,8-9,16H,5-7H2,(H,14,15). The number of aromatic amines is 1. The quantitative estimate of drug-likeness (QED) is 0.785. The number of aromatic nitrogens is 2. The first kappa shape index (κ1) is 14.2. The number of hydrogen-bond donors (Lipinski definition) is 2. The molecular formula is C12H14BrN3O2S. The van der Waals surface area contributed by atoms with E-state index in [2.05, 4.69) is 30.6 Å². The lowest BCUT2D eigenvalue weighted by molar-refractivity contribution is 0.581. The first-order valence-electron chi connectivity index (χ1n) is 5.73. The minimum Gasteiger partial charge on any atom is -0.348 e. The molecule has 0 radical (unpaired) electrons. The number of hydrogen-bond acceptors (Lipinski definition) is 3. The third kappa shape index (κ3) is 3.89. The summed E-state index contributed by atoms with van der Waals surface area (Å²) in [4.78, 5) is 7.08. The topological polar surface area (TPSA) is 74.8 Å². The number of imidazole rings is 1. The minimum absolute atomic E-state index is 0.279. The minimum atomic E-state index is -3.44. The van der Waals surface area contributed by atoms with E-state index in [0.717, 1.165) is 11.3 Å². The van der Waals surface area contributed by atoms with E-state index in [0.29, 0.717) is 18.3 Å². The fourth-order valence-electron chi connectivity index (χ4n) is 1.58. The fourth-order valence-corrected chi connectivity index (χ4v) is 2.99. The molecule has 2 aromatic rings. The third-order valence-electron chi connectivity index (χ3n) is 2.63. The summed E-state index contributed by atoms with van der Waals surface area (Å²) in [6.45, 7) is 0.338. The number of sulfonamides is 1. The summed E-state index contributed by atoms with van der Waals surface area (Å²) >= 11 is 3.32. The number of nitrogens with zero attached hydrogens (tertiary/aromatic N) is 1. The van der Waals surface area contributed by atoms with Crippen molar-refractivity contribution >= 4 is 26.0 Å². The van der Waals surface area contributed by atoms with Crippen molar-refractivity contribution in [2.24, 2.45) is 0 Å². The monoisotopic (exact) mass is 343 g/mol. The maximum Gasteiger partial charge on any atom is 0.240 e. The van der Waals surface area contributed by atoms with Crippen molar-refractivity contribution < 1.29 is 8.42 Å². The Hall–Kier alpha value is -1.18. The van der Waals surface area contributed by atoms with Gasteiger partial charge in [0, 0.05) is 30.2 Å². The maximum atomic E-state index is 12.0. The molecular weight excluding hydrogens is 330 g/mol. The molecule has 7 heteroatoms. The van der Waals surface area contributed by atoms with Crippen LogP contribution in [0.2, 0.25) is 0 Å². The van der Waals surface area contributed by atoms with Crippen LogP contribution < -0.4 is 4.72 Å². The lowest BCUT2D eigenvalue weighted by Gasteiger charge is -2.06. The third-order valence-corrected chi connectivity index (χ3v) is 4.75. The van der Waals surface area contributed by atoms with Crippen LogP contribution in [0.1, 0.15) is 11.3 Å². The van der Waals surface area contributed by atoms with Crippen molar-refractivity contribution in [2.45, 2.75) is 16.6 Å². The smallest absolute Gasteiger partial charge is 0.240 e. The molecule has 1 aromatic heterocycles. The van der Waals surface area contributed by atoms with Crippen LogP contribution in [0.4, 0.5) is 0 Å². The molecule has 2 N–H and O–H groups in total. The average Bonchev–Trinajstić information content (AvgIpc) is 2.92. The van der Waals surface area contributed by atoms with Crippen molar-refractivity contribution in [3.63, 3.8) is 0 Å². The van der Waals surface area contributed by atoms with Crippen LogP contribution in [0, 0.1) is 0 Å². The van der Waals surface area contributed by atoms with E-state index < -0.39 is 10.0 Å². The first-order chi connectivity index (χ1) is 9.12. The normalized spacial score (nSPS) is 11.6. The molecule has 0 saturated carbocycles. The molecule has 0 amide bonds. The molecule has 0 aliphatic rings. The van der Waals surface area contributed by atoms with E-state index in [1.165, 1.54) is 0 Å². The summed E-state index contributed by atoms with van der Waals surface area (Å²) in [7, 11) is -3.44. The molecule has 19 heavy (non-hydrogen) atoms. The van der Waals surface area contributed by atoms with E-state index >= 15 is 0 Å². The Morgan fingerprint density at radius 3 is 2.58 bits per heavy atom. The molecule has 0 unspecified atom stereocenters. The number of benzene rings is 1. The highest BCUT2D eigenvalue weighted by Crippen LogP contribution is 2.12. The lowest BCUT2D eigenvalue weighted by Crippen LogP contribution is -2.26. The summed E-state index contributed by atoms with van der Waals surface area (Å²) in [6, 6.07) is 6.79. The molecule has 0 aliphatic heterocycles. The van der Waals surface area contributed by atoms with Gasteiger partial charge in [-0.1, -0.05) is 28.1 Å². The van der Waals surface area contributed by atoms with Crippen LogP contribution in [-0.2, 0) is 21.8 Å². The maximum absolute atomic E-state index is 12.0. The van der Waals surface area contributed by atoms with Gasteiger partial charge >= 0.3 is 0 Å². The second-order valence-electron chi connectivity index (χ2n) is 4.00. The Bertz CT molecular complexity index is 609. The number of alkyl halides is 1. The van der Waals surface area contributed by atoms with Gasteiger partial charge in [0.25, 0.3) is 0 Å². The van der Waals surface area contributed by atoms with Gasteiger partial charge in [0.15, 0.2) is 0 Å². The number of rotatable bonds is 6. The summed E-state index contributed by atoms with van der Waals surface area (Å²) < 4.78 is 26.6. The van der Waals surface area contributed by atoms with Crippen molar-refractivity contribution in [2.75, 3.05) is 6.54 Å². The molecule has 1 heterocycles. The highest BCUT2D eigenvalue weighted by molar-refractivity contribution is 9.08. The van der Waals surface area contributed by atoms with Gasteiger partial charge in [0.1, 0.15) is 0 Å². The number of halogens is 1. The summed E-state index contributed by atoms with van der Waals surface area (Å²) in [5, 5.41) is 0.709. The van der Waals surface area contributed by atoms with E-state index in [9.17, 15) is 8.42 Å². The van der Waals surface area contributed by atoms with Gasteiger partial charge in [0.05, 0.1) is 11.2 Å². The molecule has 2 rings (SSSR count). The summed E-state index contributed by atoms with van der Waals surface area (Å²) in [6.07, 6.45) is 3.83. The van der Waals surface area contributed by atoms with Gasteiger partial charge in [-0.3, -0.25) is 0 Å². The van der Waals surface area contributed by atoms with E-state index in [4.69, 9.17) is 0 Å². The molecule has 0 fully saturated rings. The molecule has 0 spiro atoms. The van der Waals surface area contributed by atoms with Crippen molar-refractivity contribution in [3.8, 4) is 0 Å². The zero-order valence-electron chi connectivity index (χ0n) is 10.1. The fraction of sp³-hybridized carbons (Fsp3) is 0.250. The Morgan fingerprint density at radius 1 is 1.26 bits per heavy atom. The SMILES string of the molecule is O=S(=O)(NCCc1cnc[nH]1)c1ccc(CBr)cc1. The van der Waals surface area contributed by atoms with Crippen molar-refractivity contribution in [3.05, 3.63) is 48.0 Å². The van der Waals surface area contributed by atoms with Gasteiger partial charge in [-0.25, -0.2) is 18.1 Å². The van der Waals surface area contributed by atoms with Gasteiger partial charge in [-0.05, 0) is 17.7 Å². The molecule has 0 bridgehead atoms. The van der Waals surface area contributed by atoms with Gasteiger partial charge in [-0.2, -0.15) is 0 Å². The second-order valence-corrected chi connectivity index (χ2v) is 6.33. The van der Waals surface area contributed by atoms with Crippen LogP contribution >= 0.6 is 15.9 Å². The zero-order valence-corrected chi connectivity index (χ0v) is 12.5. The summed E-state index contributed by atoms with van der Waals surface area (Å²) in [5.74, 6) is 0. The lowest BCUT2D eigenvalue weighted by atomic mass is 10.2. The Labute approximate surface area is 120 Å². The van der Waals surface area contributed by atoms with Gasteiger partial charge < -0.3 is 4.98 Å². The van der Waals surface area contributed by atoms with E-state index in [1.807, 2.05) is 0 Å². The van der Waals surface area contributed by atoms with Crippen LogP contribution in [-0.4, -0.2) is 24.9 Å². The van der Waals surface area contributed by atoms with E-state index in [1.54, 1.807) is 36.8 Å². The van der Waals surface area contributed by atoms with Crippen molar-refractivity contribution in [1.82, 2.24) is 14.7 Å². The molecule has 5 nitrogen and oxygen atoms in total. The van der Waals surface area contributed by atoms with Crippen LogP contribution in [0.3, 0.4) is 0 Å². The Morgan fingerprint density at radius 2 is 2.00 bits per heavy atom. The zero-order chi connectivity index (χ0) is 13.7. The predicted molar refractivity (Wildman–Crippen MR) is 76.6 cm³/mol. The number of H-pyrrole nitrogens is 1. The second kappa shape index (κ2) is 6.31. The van der Waals surface area contributed by atoms with Crippen LogP contribution in [0.15, 0.2) is 41.7 Å². The Balaban J connectivity index is 1.97. The largest absolute Gasteiger partial charge is 0.348 e. The highest BCUT2D eigenvalue weighted by Gasteiger charge is 2.12. The van der Waals surface area contributed by atoms with Crippen LogP contribution in [0.5, 0.6) is 0 Å². The average molecular weight is 344 g/mol. The summed E-state index contributed by atoms with van der Waals surface area (Å²) in [5.41, 5.74) is 1.94. The van der Waals surface area contributed by atoms with Crippen molar-refractivity contribution in [1.29, 1.82) is 0 Å². The first-order valence-corrected chi connectivity index (χ1v) is 8.34. The van der Waals surface area contributed by atoms with Gasteiger partial charge in [-0.15, -0.1) is 0 Å². The molecule has 0 atom stereocenters. The molecule has 1 aromatic carbocycles. The van der Waals surface area contributed by atoms with Crippen LogP contribution in [0.25, 0.3) is 0 Å². The highest BCUT2D eigenvalue weighted by atomic mass is 79.9. The molecule has 0 aliphatic carbocycles. The number of nitrogens with one attached hydrogen (secondary N) is 2.